The van der Waals surface area contributed by atoms with Crippen LogP contribution in [0.5, 0.6) is 0 Å². The summed E-state index contributed by atoms with van der Waals surface area (Å²) in [7, 11) is -0.742. The van der Waals surface area contributed by atoms with Crippen LogP contribution in [0, 0.1) is 13.8 Å². The number of aryl methyl sites for hydroxylation is 2. The van der Waals surface area contributed by atoms with Crippen LogP contribution >= 0.6 is 10.0 Å². The maximum atomic E-state index is 5.50. The standard InChI is InChI=1S/C8H15NOS/c1-6-8(11(3,4)5)10-7(2)9-6/h1-5H3. The molecule has 0 atom stereocenters. The van der Waals surface area contributed by atoms with Crippen LogP contribution in [0.1, 0.15) is 11.6 Å². The van der Waals surface area contributed by atoms with Gasteiger partial charge < -0.3 is 4.42 Å². The summed E-state index contributed by atoms with van der Waals surface area (Å²) in [5.41, 5.74) is 1.05. The smallest absolute Gasteiger partial charge is 0.192 e. The summed E-state index contributed by atoms with van der Waals surface area (Å²) in [6, 6.07) is 0. The van der Waals surface area contributed by atoms with E-state index in [9.17, 15) is 0 Å². The molecule has 0 spiro atoms. The Morgan fingerprint density at radius 2 is 1.73 bits per heavy atom. The number of rotatable bonds is 1. The first kappa shape index (κ1) is 8.65. The van der Waals surface area contributed by atoms with Crippen LogP contribution in [-0.4, -0.2) is 23.8 Å². The van der Waals surface area contributed by atoms with Gasteiger partial charge in [-0.2, -0.15) is 10.0 Å². The van der Waals surface area contributed by atoms with Gasteiger partial charge in [0.15, 0.2) is 11.0 Å². The Hall–Kier alpha value is -0.440. The Labute approximate surface area is 69.3 Å². The first-order valence-electron chi connectivity index (χ1n) is 3.53. The zero-order chi connectivity index (χ0) is 8.65. The second-order valence-electron chi connectivity index (χ2n) is 3.44. The highest BCUT2D eigenvalue weighted by molar-refractivity contribution is 8.32. The number of oxazole rings is 1. The molecule has 0 unspecified atom stereocenters. The molecule has 0 aliphatic carbocycles. The topological polar surface area (TPSA) is 26.0 Å². The second kappa shape index (κ2) is 2.55. The third-order valence-electron chi connectivity index (χ3n) is 1.42. The van der Waals surface area contributed by atoms with Crippen molar-refractivity contribution in [1.29, 1.82) is 0 Å². The lowest BCUT2D eigenvalue weighted by atomic mass is 10.6. The lowest BCUT2D eigenvalue weighted by Gasteiger charge is -2.21. The van der Waals surface area contributed by atoms with Crippen LogP contribution in [-0.2, 0) is 0 Å². The van der Waals surface area contributed by atoms with Gasteiger partial charge in [0.25, 0.3) is 0 Å². The van der Waals surface area contributed by atoms with Crippen molar-refractivity contribution in [3.05, 3.63) is 11.6 Å². The van der Waals surface area contributed by atoms with E-state index < -0.39 is 10.0 Å². The summed E-state index contributed by atoms with van der Waals surface area (Å²) in [6.45, 7) is 3.89. The fraction of sp³-hybridized carbons (Fsp3) is 0.625. The van der Waals surface area contributed by atoms with Crippen molar-refractivity contribution in [2.75, 3.05) is 18.8 Å². The summed E-state index contributed by atoms with van der Waals surface area (Å²) in [5, 5.41) is 1.08. The second-order valence-corrected chi connectivity index (χ2v) is 7.49. The summed E-state index contributed by atoms with van der Waals surface area (Å²) in [5.74, 6) is 0.778. The van der Waals surface area contributed by atoms with Crippen molar-refractivity contribution >= 4 is 10.0 Å². The average Bonchev–Trinajstić information content (AvgIpc) is 2.08. The zero-order valence-corrected chi connectivity index (χ0v) is 8.58. The fourth-order valence-corrected chi connectivity index (χ4v) is 2.38. The van der Waals surface area contributed by atoms with Crippen LogP contribution in [0.3, 0.4) is 0 Å². The number of hydrogen-bond donors (Lipinski definition) is 0. The Kier molecular flexibility index (Phi) is 2.01. The van der Waals surface area contributed by atoms with Crippen molar-refractivity contribution in [2.24, 2.45) is 0 Å². The van der Waals surface area contributed by atoms with Gasteiger partial charge in [-0.15, -0.1) is 0 Å². The maximum absolute atomic E-state index is 5.50. The predicted molar refractivity (Wildman–Crippen MR) is 49.6 cm³/mol. The molecule has 0 amide bonds. The molecule has 0 saturated heterocycles. The summed E-state index contributed by atoms with van der Waals surface area (Å²) in [4.78, 5) is 4.23. The van der Waals surface area contributed by atoms with Crippen molar-refractivity contribution in [3.8, 4) is 0 Å². The van der Waals surface area contributed by atoms with Crippen LogP contribution in [0.15, 0.2) is 9.51 Å². The fourth-order valence-electron chi connectivity index (χ4n) is 1.08. The molecule has 11 heavy (non-hydrogen) atoms. The predicted octanol–water partition coefficient (Wildman–Crippen LogP) is 2.34. The monoisotopic (exact) mass is 173 g/mol. The average molecular weight is 173 g/mol. The molecule has 1 aromatic heterocycles. The highest BCUT2D eigenvalue weighted by atomic mass is 32.3. The molecule has 1 aromatic rings. The van der Waals surface area contributed by atoms with Crippen molar-refractivity contribution < 1.29 is 4.42 Å². The minimum absolute atomic E-state index is 0.742. The van der Waals surface area contributed by atoms with Crippen molar-refractivity contribution in [2.45, 2.75) is 18.9 Å². The molecular weight excluding hydrogens is 158 g/mol. The van der Waals surface area contributed by atoms with Gasteiger partial charge in [0.1, 0.15) is 0 Å². The number of aromatic nitrogens is 1. The normalized spacial score (nSPS) is 13.5. The van der Waals surface area contributed by atoms with Gasteiger partial charge >= 0.3 is 0 Å². The molecule has 1 heterocycles. The van der Waals surface area contributed by atoms with Crippen LogP contribution in [0.4, 0.5) is 0 Å². The molecule has 3 heteroatoms. The molecule has 1 rings (SSSR count). The zero-order valence-electron chi connectivity index (χ0n) is 7.76. The lowest BCUT2D eigenvalue weighted by molar-refractivity contribution is 0.437. The van der Waals surface area contributed by atoms with Gasteiger partial charge in [-0.05, 0) is 25.7 Å². The molecule has 0 N–H and O–H groups in total. The van der Waals surface area contributed by atoms with E-state index in [1.807, 2.05) is 13.8 Å². The first-order chi connectivity index (χ1) is 4.91. The van der Waals surface area contributed by atoms with Gasteiger partial charge in [0.05, 0.1) is 5.69 Å². The molecule has 2 nitrogen and oxygen atoms in total. The van der Waals surface area contributed by atoms with E-state index in [2.05, 4.69) is 23.8 Å². The van der Waals surface area contributed by atoms with Gasteiger partial charge in [0, 0.05) is 6.92 Å². The number of hydrogen-bond acceptors (Lipinski definition) is 2. The molecule has 0 aromatic carbocycles. The molecule has 64 valence electrons. The van der Waals surface area contributed by atoms with E-state index in [-0.39, 0.29) is 0 Å². The molecule has 0 radical (unpaired) electrons. The highest BCUT2D eigenvalue weighted by Crippen LogP contribution is 2.46. The van der Waals surface area contributed by atoms with E-state index in [4.69, 9.17) is 4.42 Å². The Balaban J connectivity index is 3.13. The van der Waals surface area contributed by atoms with E-state index in [0.717, 1.165) is 16.7 Å². The SMILES string of the molecule is Cc1nc(C)c(S(C)(C)C)o1. The van der Waals surface area contributed by atoms with Crippen molar-refractivity contribution in [1.82, 2.24) is 4.98 Å². The van der Waals surface area contributed by atoms with Crippen LogP contribution in [0.25, 0.3) is 0 Å². The van der Waals surface area contributed by atoms with Gasteiger partial charge in [-0.1, -0.05) is 0 Å². The van der Waals surface area contributed by atoms with E-state index in [1.54, 1.807) is 0 Å². The summed E-state index contributed by atoms with van der Waals surface area (Å²) in [6.07, 6.45) is 6.62. The number of nitrogens with zero attached hydrogens (tertiary/aromatic N) is 1. The Morgan fingerprint density at radius 1 is 1.18 bits per heavy atom. The van der Waals surface area contributed by atoms with Crippen LogP contribution in [0.2, 0.25) is 0 Å². The Bertz CT molecular complexity index is 260. The Morgan fingerprint density at radius 3 is 1.91 bits per heavy atom. The highest BCUT2D eigenvalue weighted by Gasteiger charge is 2.16. The maximum Gasteiger partial charge on any atom is 0.192 e. The van der Waals surface area contributed by atoms with Gasteiger partial charge in [0.2, 0.25) is 0 Å². The third kappa shape index (κ3) is 1.77. The quantitative estimate of drug-likeness (QED) is 0.651. The first-order valence-corrected chi connectivity index (χ1v) is 6.39. The van der Waals surface area contributed by atoms with Gasteiger partial charge in [-0.3, -0.25) is 0 Å². The molecule has 0 aliphatic heterocycles. The van der Waals surface area contributed by atoms with E-state index in [0.29, 0.717) is 0 Å². The minimum Gasteiger partial charge on any atom is -0.436 e. The van der Waals surface area contributed by atoms with E-state index in [1.165, 1.54) is 0 Å². The molecule has 0 bridgehead atoms. The summed E-state index contributed by atoms with van der Waals surface area (Å²) < 4.78 is 5.50. The van der Waals surface area contributed by atoms with E-state index >= 15 is 0 Å². The molecule has 0 saturated carbocycles. The molecule has 0 aliphatic rings. The third-order valence-corrected chi connectivity index (χ3v) is 2.91. The largest absolute Gasteiger partial charge is 0.436 e. The molecular formula is C8H15NOS. The lowest BCUT2D eigenvalue weighted by Crippen LogP contribution is -1.92. The minimum atomic E-state index is -0.742. The summed E-state index contributed by atoms with van der Waals surface area (Å²) >= 11 is 0. The van der Waals surface area contributed by atoms with Crippen molar-refractivity contribution in [3.63, 3.8) is 0 Å². The van der Waals surface area contributed by atoms with Gasteiger partial charge in [-0.25, -0.2) is 4.98 Å². The van der Waals surface area contributed by atoms with Crippen LogP contribution < -0.4 is 0 Å². The molecule has 0 fully saturated rings.